The van der Waals surface area contributed by atoms with Crippen LogP contribution in [0.2, 0.25) is 5.02 Å². The Morgan fingerprint density at radius 3 is 2.25 bits per heavy atom. The topological polar surface area (TPSA) is 95.0 Å². The number of carbonyl (C=O) groups excluding carboxylic acids is 3. The maximum absolute atomic E-state index is 12.5. The molecular weight excluding hydrogens is 408 g/mol. The Bertz CT molecular complexity index is 806. The van der Waals surface area contributed by atoms with E-state index in [0.29, 0.717) is 21.5 Å². The zero-order valence-electron chi connectivity index (χ0n) is 15.3. The van der Waals surface area contributed by atoms with E-state index in [1.165, 1.54) is 25.6 Å². The number of rotatable bonds is 9. The summed E-state index contributed by atoms with van der Waals surface area (Å²) >= 11 is 7.17. The van der Waals surface area contributed by atoms with Crippen LogP contribution in [0.25, 0.3) is 0 Å². The molecule has 0 saturated carbocycles. The summed E-state index contributed by atoms with van der Waals surface area (Å²) in [5.41, 5.74) is 0.518. The normalized spacial score (nSPS) is 10.2. The van der Waals surface area contributed by atoms with E-state index in [0.717, 1.165) is 4.90 Å². The lowest BCUT2D eigenvalue weighted by atomic mass is 10.3. The number of benzene rings is 1. The molecule has 2 rings (SSSR count). The fourth-order valence-corrected chi connectivity index (χ4v) is 2.94. The third-order valence-corrected chi connectivity index (χ3v) is 4.68. The van der Waals surface area contributed by atoms with E-state index in [2.05, 4.69) is 14.5 Å². The van der Waals surface area contributed by atoms with E-state index in [9.17, 15) is 14.4 Å². The van der Waals surface area contributed by atoms with Crippen molar-refractivity contribution in [2.75, 3.05) is 27.3 Å². The molecule has 1 aromatic carbocycles. The Hall–Kier alpha value is -2.65. The minimum absolute atomic E-state index is 0.0641. The number of thiazole rings is 1. The maximum atomic E-state index is 12.5. The number of ether oxygens (including phenoxy) is 3. The Kier molecular flexibility index (Phi) is 8.21. The molecule has 0 atom stereocenters. The van der Waals surface area contributed by atoms with E-state index in [-0.39, 0.29) is 26.1 Å². The summed E-state index contributed by atoms with van der Waals surface area (Å²) in [6.07, 6.45) is -0.0641. The number of halogens is 1. The van der Waals surface area contributed by atoms with Crippen molar-refractivity contribution in [3.05, 3.63) is 45.4 Å². The van der Waals surface area contributed by atoms with Crippen molar-refractivity contribution in [3.8, 4) is 5.75 Å². The fraction of sp³-hybridized carbons (Fsp3) is 0.333. The van der Waals surface area contributed by atoms with Crippen LogP contribution in [0.4, 0.5) is 0 Å². The molecule has 8 nitrogen and oxygen atoms in total. The largest absolute Gasteiger partial charge is 0.486 e. The highest BCUT2D eigenvalue weighted by atomic mass is 35.5. The third-order valence-electron chi connectivity index (χ3n) is 3.56. The number of nitrogens with zero attached hydrogens (tertiary/aromatic N) is 2. The molecule has 28 heavy (non-hydrogen) atoms. The second-order valence-corrected chi connectivity index (χ2v) is 6.93. The summed E-state index contributed by atoms with van der Waals surface area (Å²) < 4.78 is 14.7. The summed E-state index contributed by atoms with van der Waals surface area (Å²) in [5.74, 6) is -1.05. The zero-order chi connectivity index (χ0) is 20.5. The third kappa shape index (κ3) is 6.82. The molecule has 0 aliphatic heterocycles. The van der Waals surface area contributed by atoms with Gasteiger partial charge in [0.1, 0.15) is 30.5 Å². The highest BCUT2D eigenvalue weighted by molar-refractivity contribution is 7.09. The molecule has 0 fully saturated rings. The molecule has 1 heterocycles. The minimum atomic E-state index is -0.632. The standard InChI is InChI=1S/C18H19ClN2O6S/c1-25-17(23)8-21(9-18(24)26-2)16(22)7-13-11-28-15(20-13)10-27-14-5-3-12(19)4-6-14/h3-6,11H,7-10H2,1-2H3. The molecule has 0 saturated heterocycles. The van der Waals surface area contributed by atoms with Gasteiger partial charge in [0.05, 0.1) is 26.3 Å². The molecule has 10 heteroatoms. The first kappa shape index (κ1) is 21.6. The summed E-state index contributed by atoms with van der Waals surface area (Å²) in [6.45, 7) is -0.448. The molecule has 2 aromatic rings. The predicted octanol–water partition coefficient (Wildman–Crippen LogP) is 2.09. The lowest BCUT2D eigenvalue weighted by molar-refractivity contribution is -0.151. The van der Waals surface area contributed by atoms with Gasteiger partial charge < -0.3 is 19.1 Å². The van der Waals surface area contributed by atoms with Crippen molar-refractivity contribution in [1.82, 2.24) is 9.88 Å². The van der Waals surface area contributed by atoms with Crippen LogP contribution in [-0.2, 0) is 36.9 Å². The molecule has 0 unspecified atom stereocenters. The second-order valence-electron chi connectivity index (χ2n) is 5.55. The van der Waals surface area contributed by atoms with Crippen LogP contribution in [0.15, 0.2) is 29.6 Å². The van der Waals surface area contributed by atoms with Crippen molar-refractivity contribution in [3.63, 3.8) is 0 Å². The van der Waals surface area contributed by atoms with Crippen LogP contribution < -0.4 is 4.74 Å². The van der Waals surface area contributed by atoms with Gasteiger partial charge in [-0.05, 0) is 24.3 Å². The van der Waals surface area contributed by atoms with E-state index in [1.54, 1.807) is 29.6 Å². The van der Waals surface area contributed by atoms with Crippen molar-refractivity contribution in [1.29, 1.82) is 0 Å². The van der Waals surface area contributed by atoms with Gasteiger partial charge in [0.25, 0.3) is 0 Å². The van der Waals surface area contributed by atoms with Gasteiger partial charge >= 0.3 is 11.9 Å². The number of esters is 2. The van der Waals surface area contributed by atoms with Crippen LogP contribution in [0, 0.1) is 0 Å². The predicted molar refractivity (Wildman–Crippen MR) is 102 cm³/mol. The SMILES string of the molecule is COC(=O)CN(CC(=O)OC)C(=O)Cc1csc(COc2ccc(Cl)cc2)n1. The van der Waals surface area contributed by atoms with Crippen LogP contribution in [-0.4, -0.2) is 55.0 Å². The number of carbonyl (C=O) groups is 3. The molecule has 0 radical (unpaired) electrons. The van der Waals surface area contributed by atoms with Crippen molar-refractivity contribution in [2.45, 2.75) is 13.0 Å². The van der Waals surface area contributed by atoms with E-state index >= 15 is 0 Å². The molecular formula is C18H19ClN2O6S. The molecule has 0 spiro atoms. The van der Waals surface area contributed by atoms with Gasteiger partial charge in [-0.15, -0.1) is 11.3 Å². The summed E-state index contributed by atoms with van der Waals surface area (Å²) in [4.78, 5) is 40.9. The molecule has 1 aromatic heterocycles. The lowest BCUT2D eigenvalue weighted by Crippen LogP contribution is -2.41. The van der Waals surface area contributed by atoms with E-state index in [1.807, 2.05) is 0 Å². The van der Waals surface area contributed by atoms with Crippen LogP contribution in [0.5, 0.6) is 5.75 Å². The molecule has 0 bridgehead atoms. The Labute approximate surface area is 171 Å². The van der Waals surface area contributed by atoms with Gasteiger partial charge in [0.15, 0.2) is 0 Å². The number of hydrogen-bond acceptors (Lipinski definition) is 8. The second kappa shape index (κ2) is 10.6. The van der Waals surface area contributed by atoms with Gasteiger partial charge in [0.2, 0.25) is 5.91 Å². The maximum Gasteiger partial charge on any atom is 0.325 e. The van der Waals surface area contributed by atoms with Crippen LogP contribution in [0.1, 0.15) is 10.7 Å². The smallest absolute Gasteiger partial charge is 0.325 e. The Morgan fingerprint density at radius 2 is 1.68 bits per heavy atom. The molecule has 0 aliphatic rings. The molecule has 150 valence electrons. The van der Waals surface area contributed by atoms with Gasteiger partial charge in [-0.1, -0.05) is 11.6 Å². The van der Waals surface area contributed by atoms with Crippen LogP contribution in [0.3, 0.4) is 0 Å². The monoisotopic (exact) mass is 426 g/mol. The first-order valence-electron chi connectivity index (χ1n) is 8.14. The van der Waals surface area contributed by atoms with Gasteiger partial charge in [0, 0.05) is 10.4 Å². The van der Waals surface area contributed by atoms with Crippen molar-refractivity contribution in [2.24, 2.45) is 0 Å². The number of hydrogen-bond donors (Lipinski definition) is 0. The van der Waals surface area contributed by atoms with Gasteiger partial charge in [-0.2, -0.15) is 0 Å². The first-order chi connectivity index (χ1) is 13.4. The Balaban J connectivity index is 1.94. The quantitative estimate of drug-likeness (QED) is 0.566. The molecule has 0 aliphatic carbocycles. The molecule has 0 N–H and O–H groups in total. The Morgan fingerprint density at radius 1 is 1.07 bits per heavy atom. The summed E-state index contributed by atoms with van der Waals surface area (Å²) in [7, 11) is 2.41. The average Bonchev–Trinajstić information content (AvgIpc) is 3.13. The highest BCUT2D eigenvalue weighted by Crippen LogP contribution is 2.18. The van der Waals surface area contributed by atoms with E-state index in [4.69, 9.17) is 16.3 Å². The number of amides is 1. The van der Waals surface area contributed by atoms with Gasteiger partial charge in [-0.3, -0.25) is 14.4 Å². The lowest BCUT2D eigenvalue weighted by Gasteiger charge is -2.19. The molecule has 1 amide bonds. The van der Waals surface area contributed by atoms with Gasteiger partial charge in [-0.25, -0.2) is 4.98 Å². The van der Waals surface area contributed by atoms with Crippen LogP contribution >= 0.6 is 22.9 Å². The minimum Gasteiger partial charge on any atom is -0.486 e. The zero-order valence-corrected chi connectivity index (χ0v) is 16.9. The number of methoxy groups -OCH3 is 2. The highest BCUT2D eigenvalue weighted by Gasteiger charge is 2.22. The average molecular weight is 427 g/mol. The number of aromatic nitrogens is 1. The fourth-order valence-electron chi connectivity index (χ4n) is 2.11. The summed E-state index contributed by atoms with van der Waals surface area (Å²) in [6, 6.07) is 6.94. The van der Waals surface area contributed by atoms with E-state index < -0.39 is 17.8 Å². The van der Waals surface area contributed by atoms with Crippen molar-refractivity contribution < 1.29 is 28.6 Å². The first-order valence-corrected chi connectivity index (χ1v) is 9.40. The van der Waals surface area contributed by atoms with Crippen molar-refractivity contribution >= 4 is 40.8 Å². The summed E-state index contributed by atoms with van der Waals surface area (Å²) in [5, 5.41) is 3.03.